The molecule has 1 N–H and O–H groups in total. The summed E-state index contributed by atoms with van der Waals surface area (Å²) in [6.07, 6.45) is 1.76. The molecule has 0 aliphatic heterocycles. The van der Waals surface area contributed by atoms with Gasteiger partial charge in [-0.25, -0.2) is 0 Å². The lowest BCUT2D eigenvalue weighted by molar-refractivity contribution is 1.35. The van der Waals surface area contributed by atoms with Crippen molar-refractivity contribution < 1.29 is 0 Å². The van der Waals surface area contributed by atoms with Gasteiger partial charge in [0, 0.05) is 9.50 Å². The highest BCUT2D eigenvalue weighted by Crippen LogP contribution is 2.13. The molecular formula is C13H10BrClN2. The van der Waals surface area contributed by atoms with E-state index in [1.54, 1.807) is 6.21 Å². The van der Waals surface area contributed by atoms with Crippen molar-refractivity contribution in [3.63, 3.8) is 0 Å². The zero-order chi connectivity index (χ0) is 12.1. The summed E-state index contributed by atoms with van der Waals surface area (Å²) in [6, 6.07) is 15.3. The number of anilines is 1. The van der Waals surface area contributed by atoms with Crippen molar-refractivity contribution in [1.29, 1.82) is 0 Å². The molecule has 0 spiro atoms. The fourth-order valence-electron chi connectivity index (χ4n) is 1.29. The molecule has 0 saturated heterocycles. The van der Waals surface area contributed by atoms with Crippen LogP contribution in [-0.4, -0.2) is 6.21 Å². The first kappa shape index (κ1) is 12.1. The zero-order valence-corrected chi connectivity index (χ0v) is 11.2. The lowest BCUT2D eigenvalue weighted by Crippen LogP contribution is -1.90. The molecule has 0 aliphatic rings. The van der Waals surface area contributed by atoms with Gasteiger partial charge in [-0.3, -0.25) is 5.43 Å². The van der Waals surface area contributed by atoms with Crippen molar-refractivity contribution in [2.24, 2.45) is 5.10 Å². The minimum atomic E-state index is 0.714. The minimum Gasteiger partial charge on any atom is -0.279 e. The molecule has 4 heteroatoms. The number of benzene rings is 2. The van der Waals surface area contributed by atoms with E-state index in [1.165, 1.54) is 0 Å². The standard InChI is InChI=1S/C13H10BrClN2/c14-11-3-1-2-10(8-11)9-16-17-13-6-4-12(15)5-7-13/h1-9,17H/b16-9+. The highest BCUT2D eigenvalue weighted by molar-refractivity contribution is 9.10. The molecule has 0 atom stereocenters. The molecule has 2 rings (SSSR count). The van der Waals surface area contributed by atoms with Crippen LogP contribution in [0.15, 0.2) is 58.1 Å². The second kappa shape index (κ2) is 5.84. The Morgan fingerprint density at radius 1 is 1.12 bits per heavy atom. The van der Waals surface area contributed by atoms with E-state index < -0.39 is 0 Å². The lowest BCUT2D eigenvalue weighted by Gasteiger charge is -1.99. The van der Waals surface area contributed by atoms with E-state index in [-0.39, 0.29) is 0 Å². The Kier molecular flexibility index (Phi) is 4.18. The molecular weight excluding hydrogens is 300 g/mol. The topological polar surface area (TPSA) is 24.4 Å². The summed E-state index contributed by atoms with van der Waals surface area (Å²) in [5.41, 5.74) is 4.87. The fourth-order valence-corrected chi connectivity index (χ4v) is 1.84. The average Bonchev–Trinajstić information content (AvgIpc) is 2.32. The maximum Gasteiger partial charge on any atom is 0.0562 e. The molecule has 0 aromatic heterocycles. The maximum atomic E-state index is 5.79. The molecule has 0 radical (unpaired) electrons. The second-order valence-electron chi connectivity index (χ2n) is 3.43. The molecule has 0 saturated carbocycles. The van der Waals surface area contributed by atoms with Crippen LogP contribution in [0.25, 0.3) is 0 Å². The Labute approximate surface area is 113 Å². The molecule has 2 aromatic carbocycles. The van der Waals surface area contributed by atoms with Gasteiger partial charge in [0.1, 0.15) is 0 Å². The third-order valence-electron chi connectivity index (χ3n) is 2.10. The van der Waals surface area contributed by atoms with Crippen LogP contribution in [-0.2, 0) is 0 Å². The largest absolute Gasteiger partial charge is 0.279 e. The van der Waals surface area contributed by atoms with E-state index in [4.69, 9.17) is 11.6 Å². The Balaban J connectivity index is 2.00. The van der Waals surface area contributed by atoms with E-state index in [0.717, 1.165) is 15.7 Å². The molecule has 0 aliphatic carbocycles. The van der Waals surface area contributed by atoms with Gasteiger partial charge in [0.2, 0.25) is 0 Å². The molecule has 0 fully saturated rings. The molecule has 0 bridgehead atoms. The van der Waals surface area contributed by atoms with Crippen LogP contribution in [0.1, 0.15) is 5.56 Å². The predicted molar refractivity (Wildman–Crippen MR) is 76.8 cm³/mol. The van der Waals surface area contributed by atoms with Crippen LogP contribution < -0.4 is 5.43 Å². The van der Waals surface area contributed by atoms with Gasteiger partial charge in [0.25, 0.3) is 0 Å². The summed E-state index contributed by atoms with van der Waals surface area (Å²) in [6.45, 7) is 0. The number of hydrogen-bond donors (Lipinski definition) is 1. The molecule has 86 valence electrons. The quantitative estimate of drug-likeness (QED) is 0.653. The average molecular weight is 310 g/mol. The van der Waals surface area contributed by atoms with Crippen molar-refractivity contribution in [2.75, 3.05) is 5.43 Å². The third-order valence-corrected chi connectivity index (χ3v) is 2.85. The number of hydrogen-bond acceptors (Lipinski definition) is 2. The monoisotopic (exact) mass is 308 g/mol. The van der Waals surface area contributed by atoms with Crippen molar-refractivity contribution in [1.82, 2.24) is 0 Å². The fraction of sp³-hybridized carbons (Fsp3) is 0. The summed E-state index contributed by atoms with van der Waals surface area (Å²) in [5, 5.41) is 4.86. The van der Waals surface area contributed by atoms with Crippen molar-refractivity contribution in [3.05, 3.63) is 63.6 Å². The summed E-state index contributed by atoms with van der Waals surface area (Å²) in [4.78, 5) is 0. The van der Waals surface area contributed by atoms with Gasteiger partial charge in [-0.05, 0) is 42.0 Å². The van der Waals surface area contributed by atoms with Gasteiger partial charge in [-0.15, -0.1) is 0 Å². The van der Waals surface area contributed by atoms with E-state index in [1.807, 2.05) is 48.5 Å². The highest BCUT2D eigenvalue weighted by Gasteiger charge is 1.91. The van der Waals surface area contributed by atoms with Gasteiger partial charge < -0.3 is 0 Å². The van der Waals surface area contributed by atoms with Gasteiger partial charge in [0.15, 0.2) is 0 Å². The van der Waals surface area contributed by atoms with Crippen LogP contribution in [0.3, 0.4) is 0 Å². The third kappa shape index (κ3) is 3.88. The van der Waals surface area contributed by atoms with E-state index >= 15 is 0 Å². The van der Waals surface area contributed by atoms with Crippen LogP contribution in [0.4, 0.5) is 5.69 Å². The summed E-state index contributed by atoms with van der Waals surface area (Å²) in [5.74, 6) is 0. The smallest absolute Gasteiger partial charge is 0.0562 e. The number of nitrogens with zero attached hydrogens (tertiary/aromatic N) is 1. The molecule has 0 amide bonds. The Morgan fingerprint density at radius 3 is 2.59 bits per heavy atom. The van der Waals surface area contributed by atoms with Crippen molar-refractivity contribution in [2.45, 2.75) is 0 Å². The molecule has 17 heavy (non-hydrogen) atoms. The van der Waals surface area contributed by atoms with Gasteiger partial charge in [0.05, 0.1) is 11.9 Å². The Morgan fingerprint density at radius 2 is 1.88 bits per heavy atom. The van der Waals surface area contributed by atoms with E-state index in [2.05, 4.69) is 26.5 Å². The molecule has 2 nitrogen and oxygen atoms in total. The first-order chi connectivity index (χ1) is 8.24. The summed E-state index contributed by atoms with van der Waals surface area (Å²) >= 11 is 9.20. The second-order valence-corrected chi connectivity index (χ2v) is 4.78. The first-order valence-corrected chi connectivity index (χ1v) is 6.21. The summed E-state index contributed by atoms with van der Waals surface area (Å²) < 4.78 is 1.04. The van der Waals surface area contributed by atoms with Crippen molar-refractivity contribution in [3.8, 4) is 0 Å². The molecule has 0 unspecified atom stereocenters. The van der Waals surface area contributed by atoms with Crippen LogP contribution in [0.2, 0.25) is 5.02 Å². The van der Waals surface area contributed by atoms with Crippen LogP contribution in [0.5, 0.6) is 0 Å². The number of rotatable bonds is 3. The first-order valence-electron chi connectivity index (χ1n) is 5.04. The molecule has 0 heterocycles. The highest BCUT2D eigenvalue weighted by atomic mass is 79.9. The lowest BCUT2D eigenvalue weighted by atomic mass is 10.2. The van der Waals surface area contributed by atoms with E-state index in [0.29, 0.717) is 5.02 Å². The maximum absolute atomic E-state index is 5.79. The number of halogens is 2. The zero-order valence-electron chi connectivity index (χ0n) is 8.90. The normalized spacial score (nSPS) is 10.7. The predicted octanol–water partition coefficient (Wildman–Crippen LogP) is 4.55. The minimum absolute atomic E-state index is 0.714. The van der Waals surface area contributed by atoms with Crippen molar-refractivity contribution >= 4 is 39.4 Å². The van der Waals surface area contributed by atoms with Crippen LogP contribution >= 0.6 is 27.5 Å². The number of hydrazone groups is 1. The van der Waals surface area contributed by atoms with Gasteiger partial charge in [-0.1, -0.05) is 39.7 Å². The number of nitrogens with one attached hydrogen (secondary N) is 1. The SMILES string of the molecule is Clc1ccc(N/N=C/c2cccc(Br)c2)cc1. The Hall–Kier alpha value is -1.32. The molecule has 2 aromatic rings. The van der Waals surface area contributed by atoms with Gasteiger partial charge >= 0.3 is 0 Å². The Bertz CT molecular complexity index is 523. The summed E-state index contributed by atoms with van der Waals surface area (Å²) in [7, 11) is 0. The van der Waals surface area contributed by atoms with E-state index in [9.17, 15) is 0 Å². The van der Waals surface area contributed by atoms with Crippen LogP contribution in [0, 0.1) is 0 Å². The van der Waals surface area contributed by atoms with Gasteiger partial charge in [-0.2, -0.15) is 5.10 Å².